The minimum absolute atomic E-state index is 0.0839. The highest BCUT2D eigenvalue weighted by Crippen LogP contribution is 2.29. The van der Waals surface area contributed by atoms with Crippen LogP contribution in [0.5, 0.6) is 0 Å². The highest BCUT2D eigenvalue weighted by Gasteiger charge is 2.21. The highest BCUT2D eigenvalue weighted by atomic mass is 32.2. The molecule has 2 unspecified atom stereocenters. The first kappa shape index (κ1) is 16.6. The molecule has 2 nitrogen and oxygen atoms in total. The molecule has 2 rings (SSSR count). The molecule has 1 saturated heterocycles. The van der Waals surface area contributed by atoms with Gasteiger partial charge in [0.1, 0.15) is 5.82 Å². The van der Waals surface area contributed by atoms with Crippen LogP contribution in [-0.2, 0) is 0 Å². The first-order valence-corrected chi connectivity index (χ1v) is 9.10. The fraction of sp³-hybridized carbons (Fsp3) is 0.647. The molecule has 1 aliphatic rings. The van der Waals surface area contributed by atoms with Crippen LogP contribution >= 0.6 is 11.8 Å². The Morgan fingerprint density at radius 1 is 1.43 bits per heavy atom. The molecular formula is C17H27FN2S. The molecule has 0 aromatic heterocycles. The SMILES string of the molecule is CCCNC(C)c1ccc(N2CCSC(CC)C2)c(F)c1. The zero-order chi connectivity index (χ0) is 15.2. The van der Waals surface area contributed by atoms with E-state index < -0.39 is 0 Å². The lowest BCUT2D eigenvalue weighted by Crippen LogP contribution is -2.38. The maximum atomic E-state index is 14.5. The van der Waals surface area contributed by atoms with Crippen LogP contribution in [0.3, 0.4) is 0 Å². The molecule has 2 atom stereocenters. The van der Waals surface area contributed by atoms with Crippen LogP contribution in [0.4, 0.5) is 10.1 Å². The molecule has 1 aromatic rings. The third-order valence-corrected chi connectivity index (χ3v) is 5.48. The van der Waals surface area contributed by atoms with Gasteiger partial charge in [0.2, 0.25) is 0 Å². The summed E-state index contributed by atoms with van der Waals surface area (Å²) in [5.74, 6) is 1.01. The van der Waals surface area contributed by atoms with Gasteiger partial charge in [-0.25, -0.2) is 4.39 Å². The summed E-state index contributed by atoms with van der Waals surface area (Å²) in [4.78, 5) is 2.20. The third kappa shape index (κ3) is 4.36. The van der Waals surface area contributed by atoms with Crippen molar-refractivity contribution in [1.82, 2.24) is 5.32 Å². The number of hydrogen-bond donors (Lipinski definition) is 1. The second kappa shape index (κ2) is 8.04. The molecule has 0 aliphatic carbocycles. The lowest BCUT2D eigenvalue weighted by Gasteiger charge is -2.34. The largest absolute Gasteiger partial charge is 0.367 e. The van der Waals surface area contributed by atoms with Crippen molar-refractivity contribution in [1.29, 1.82) is 0 Å². The summed E-state index contributed by atoms with van der Waals surface area (Å²) < 4.78 is 14.5. The van der Waals surface area contributed by atoms with Gasteiger partial charge in [-0.15, -0.1) is 0 Å². The Morgan fingerprint density at radius 2 is 2.24 bits per heavy atom. The Kier molecular flexibility index (Phi) is 6.37. The predicted molar refractivity (Wildman–Crippen MR) is 91.9 cm³/mol. The third-order valence-electron chi connectivity index (χ3n) is 4.11. The van der Waals surface area contributed by atoms with Gasteiger partial charge < -0.3 is 10.2 Å². The molecule has 0 spiro atoms. The number of nitrogens with one attached hydrogen (secondary N) is 1. The summed E-state index contributed by atoms with van der Waals surface area (Å²) in [6, 6.07) is 5.92. The van der Waals surface area contributed by atoms with E-state index in [0.29, 0.717) is 5.25 Å². The van der Waals surface area contributed by atoms with E-state index in [0.717, 1.165) is 49.5 Å². The molecule has 0 amide bonds. The van der Waals surface area contributed by atoms with Crippen molar-refractivity contribution in [3.05, 3.63) is 29.6 Å². The Balaban J connectivity index is 2.08. The van der Waals surface area contributed by atoms with Gasteiger partial charge in [0.25, 0.3) is 0 Å². The molecule has 118 valence electrons. The summed E-state index contributed by atoms with van der Waals surface area (Å²) in [7, 11) is 0. The zero-order valence-electron chi connectivity index (χ0n) is 13.4. The molecule has 0 radical (unpaired) electrons. The number of nitrogens with zero attached hydrogens (tertiary/aromatic N) is 1. The summed E-state index contributed by atoms with van der Waals surface area (Å²) in [6.45, 7) is 9.31. The van der Waals surface area contributed by atoms with Gasteiger partial charge in [-0.1, -0.05) is 19.9 Å². The van der Waals surface area contributed by atoms with Crippen molar-refractivity contribution < 1.29 is 4.39 Å². The summed E-state index contributed by atoms with van der Waals surface area (Å²) in [5, 5.41) is 4.04. The van der Waals surface area contributed by atoms with Crippen LogP contribution in [0, 0.1) is 5.82 Å². The fourth-order valence-electron chi connectivity index (χ4n) is 2.71. The van der Waals surface area contributed by atoms with E-state index in [1.807, 2.05) is 17.8 Å². The first-order valence-electron chi connectivity index (χ1n) is 8.05. The van der Waals surface area contributed by atoms with E-state index in [-0.39, 0.29) is 11.9 Å². The van der Waals surface area contributed by atoms with Crippen LogP contribution < -0.4 is 10.2 Å². The number of rotatable bonds is 6. The first-order chi connectivity index (χ1) is 10.2. The average Bonchev–Trinajstić information content (AvgIpc) is 2.52. The molecule has 1 aliphatic heterocycles. The quantitative estimate of drug-likeness (QED) is 0.847. The van der Waals surface area contributed by atoms with E-state index >= 15 is 0 Å². The second-order valence-corrected chi connectivity index (χ2v) is 7.14. The number of halogens is 1. The predicted octanol–water partition coefficient (Wildman–Crippen LogP) is 4.22. The van der Waals surface area contributed by atoms with Gasteiger partial charge >= 0.3 is 0 Å². The molecule has 1 heterocycles. The van der Waals surface area contributed by atoms with E-state index in [2.05, 4.69) is 37.1 Å². The maximum absolute atomic E-state index is 14.5. The van der Waals surface area contributed by atoms with Gasteiger partial charge in [0.05, 0.1) is 5.69 Å². The van der Waals surface area contributed by atoms with Crippen LogP contribution in [0.2, 0.25) is 0 Å². The Hall–Kier alpha value is -0.740. The summed E-state index contributed by atoms with van der Waals surface area (Å²) in [5.41, 5.74) is 1.79. The molecule has 21 heavy (non-hydrogen) atoms. The summed E-state index contributed by atoms with van der Waals surface area (Å²) >= 11 is 2.01. The average molecular weight is 310 g/mol. The smallest absolute Gasteiger partial charge is 0.146 e. The molecule has 0 saturated carbocycles. The van der Waals surface area contributed by atoms with E-state index in [9.17, 15) is 4.39 Å². The van der Waals surface area contributed by atoms with Crippen LogP contribution in [-0.4, -0.2) is 30.6 Å². The standard InChI is InChI=1S/C17H27FN2S/c1-4-8-19-13(3)14-6-7-17(16(18)11-14)20-9-10-21-15(5-2)12-20/h6-7,11,13,15,19H,4-5,8-10,12H2,1-3H3. The fourth-order valence-corrected chi connectivity index (χ4v) is 3.89. The lowest BCUT2D eigenvalue weighted by atomic mass is 10.1. The van der Waals surface area contributed by atoms with Crippen molar-refractivity contribution in [3.63, 3.8) is 0 Å². The van der Waals surface area contributed by atoms with Gasteiger partial charge in [-0.05, 0) is 44.0 Å². The monoisotopic (exact) mass is 310 g/mol. The number of hydrogen-bond acceptors (Lipinski definition) is 3. The molecular weight excluding hydrogens is 283 g/mol. The van der Waals surface area contributed by atoms with E-state index in [1.54, 1.807) is 6.07 Å². The Morgan fingerprint density at radius 3 is 2.90 bits per heavy atom. The highest BCUT2D eigenvalue weighted by molar-refractivity contribution is 8.00. The van der Waals surface area contributed by atoms with Crippen LogP contribution in [0.1, 0.15) is 45.2 Å². The van der Waals surface area contributed by atoms with Crippen LogP contribution in [0.15, 0.2) is 18.2 Å². The van der Waals surface area contributed by atoms with Crippen molar-refractivity contribution in [3.8, 4) is 0 Å². The van der Waals surface area contributed by atoms with Crippen molar-refractivity contribution in [2.75, 3.05) is 30.3 Å². The minimum Gasteiger partial charge on any atom is -0.367 e. The Bertz CT molecular complexity index is 452. The topological polar surface area (TPSA) is 15.3 Å². The van der Waals surface area contributed by atoms with Crippen molar-refractivity contribution >= 4 is 17.4 Å². The minimum atomic E-state index is -0.0839. The van der Waals surface area contributed by atoms with Gasteiger partial charge in [-0.3, -0.25) is 0 Å². The molecule has 1 N–H and O–H groups in total. The van der Waals surface area contributed by atoms with Gasteiger partial charge in [-0.2, -0.15) is 11.8 Å². The normalized spacial score (nSPS) is 20.6. The lowest BCUT2D eigenvalue weighted by molar-refractivity contribution is 0.560. The van der Waals surface area contributed by atoms with E-state index in [4.69, 9.17) is 0 Å². The molecule has 1 aromatic carbocycles. The molecule has 4 heteroatoms. The number of anilines is 1. The number of thioether (sulfide) groups is 1. The Labute approximate surface area is 132 Å². The maximum Gasteiger partial charge on any atom is 0.146 e. The van der Waals surface area contributed by atoms with E-state index in [1.165, 1.54) is 0 Å². The zero-order valence-corrected chi connectivity index (χ0v) is 14.2. The number of benzene rings is 1. The summed E-state index contributed by atoms with van der Waals surface area (Å²) in [6.07, 6.45) is 2.24. The van der Waals surface area contributed by atoms with Gasteiger partial charge in [0, 0.05) is 30.1 Å². The van der Waals surface area contributed by atoms with Gasteiger partial charge in [0.15, 0.2) is 0 Å². The van der Waals surface area contributed by atoms with Crippen LogP contribution in [0.25, 0.3) is 0 Å². The van der Waals surface area contributed by atoms with Crippen molar-refractivity contribution in [2.24, 2.45) is 0 Å². The van der Waals surface area contributed by atoms with Crippen molar-refractivity contribution in [2.45, 2.75) is 44.9 Å². The second-order valence-electron chi connectivity index (χ2n) is 5.73. The molecule has 0 bridgehead atoms. The molecule has 1 fully saturated rings.